The van der Waals surface area contributed by atoms with Crippen molar-refractivity contribution in [3.63, 3.8) is 0 Å². The van der Waals surface area contributed by atoms with E-state index >= 15 is 0 Å². The lowest BCUT2D eigenvalue weighted by atomic mass is 9.85. The predicted octanol–water partition coefficient (Wildman–Crippen LogP) is 17.7. The van der Waals surface area contributed by atoms with E-state index in [9.17, 15) is 0 Å². The summed E-state index contributed by atoms with van der Waals surface area (Å²) in [4.78, 5) is 2.44. The molecule has 0 fully saturated rings. The van der Waals surface area contributed by atoms with Crippen LogP contribution in [-0.2, 0) is 0 Å². The molecule has 0 spiro atoms. The van der Waals surface area contributed by atoms with Gasteiger partial charge in [-0.1, -0.05) is 206 Å². The highest BCUT2D eigenvalue weighted by Crippen LogP contribution is 2.49. The summed E-state index contributed by atoms with van der Waals surface area (Å²) in [6.45, 7) is 0. The molecule has 2 nitrogen and oxygen atoms in total. The Hall–Kier alpha value is -8.46. The molecule has 300 valence electrons. The fourth-order valence-electron chi connectivity index (χ4n) is 9.71. The van der Waals surface area contributed by atoms with Crippen LogP contribution in [0.5, 0.6) is 0 Å². The maximum atomic E-state index is 6.52. The highest BCUT2D eigenvalue weighted by Gasteiger charge is 2.23. The Morgan fingerprint density at radius 2 is 0.766 bits per heavy atom. The number of rotatable bonds is 8. The molecule has 0 amide bonds. The van der Waals surface area contributed by atoms with E-state index < -0.39 is 0 Å². The van der Waals surface area contributed by atoms with Crippen LogP contribution < -0.4 is 4.90 Å². The number of nitrogens with zero attached hydrogens (tertiary/aromatic N) is 1. The molecule has 1 aromatic heterocycles. The lowest BCUT2D eigenvalue weighted by molar-refractivity contribution is 0.670. The standard InChI is InChI=1S/C62H41NO/c1-5-18-42(19-6-1)47-34-39-58(56(40-47)43-20-7-2-8-21-43)63(48-35-32-44(33-36-48)50-29-17-30-55-53-27-15-16-31-59(53)64-62(50)55)49-37-38-52-51-26-13-14-28-54(51)60(45-22-9-3-10-23-45)61(57(52)41-49)46-24-11-4-12-25-46/h1-41H. The molecule has 0 saturated heterocycles. The summed E-state index contributed by atoms with van der Waals surface area (Å²) in [5, 5.41) is 7.14. The minimum Gasteiger partial charge on any atom is -0.455 e. The monoisotopic (exact) mass is 815 g/mol. The highest BCUT2D eigenvalue weighted by molar-refractivity contribution is 6.22. The fourth-order valence-corrected chi connectivity index (χ4v) is 9.71. The highest BCUT2D eigenvalue weighted by atomic mass is 16.3. The van der Waals surface area contributed by atoms with E-state index in [0.29, 0.717) is 0 Å². The normalized spacial score (nSPS) is 11.4. The van der Waals surface area contributed by atoms with E-state index in [4.69, 9.17) is 4.42 Å². The third kappa shape index (κ3) is 6.44. The molecule has 0 bridgehead atoms. The first-order valence-corrected chi connectivity index (χ1v) is 21.9. The van der Waals surface area contributed by atoms with Gasteiger partial charge in [0.05, 0.1) is 5.69 Å². The first-order valence-electron chi connectivity index (χ1n) is 21.9. The van der Waals surface area contributed by atoms with Crippen molar-refractivity contribution < 1.29 is 4.42 Å². The van der Waals surface area contributed by atoms with Crippen LogP contribution in [0.15, 0.2) is 253 Å². The van der Waals surface area contributed by atoms with Crippen molar-refractivity contribution in [2.75, 3.05) is 4.90 Å². The van der Waals surface area contributed by atoms with Crippen LogP contribution >= 0.6 is 0 Å². The SMILES string of the molecule is c1ccc(-c2ccc(N(c3ccc(-c4cccc5c4oc4ccccc45)cc3)c3ccc4c(c3)c(-c3ccccc3)c(-c3ccccc3)c3ccccc34)c(-c3ccccc3)c2)cc1. The smallest absolute Gasteiger partial charge is 0.143 e. The van der Waals surface area contributed by atoms with Crippen molar-refractivity contribution in [2.45, 2.75) is 0 Å². The van der Waals surface area contributed by atoms with Gasteiger partial charge in [-0.2, -0.15) is 0 Å². The summed E-state index contributed by atoms with van der Waals surface area (Å²) in [5.41, 5.74) is 16.6. The second-order valence-corrected chi connectivity index (χ2v) is 16.4. The van der Waals surface area contributed by atoms with Gasteiger partial charge in [-0.25, -0.2) is 0 Å². The largest absolute Gasteiger partial charge is 0.455 e. The lowest BCUT2D eigenvalue weighted by Gasteiger charge is -2.29. The van der Waals surface area contributed by atoms with Crippen molar-refractivity contribution in [3.05, 3.63) is 249 Å². The molecule has 12 rings (SSSR count). The minimum absolute atomic E-state index is 0.898. The van der Waals surface area contributed by atoms with Crippen molar-refractivity contribution in [1.82, 2.24) is 0 Å². The van der Waals surface area contributed by atoms with E-state index in [1.165, 1.54) is 54.9 Å². The Morgan fingerprint density at radius 1 is 0.266 bits per heavy atom. The van der Waals surface area contributed by atoms with Crippen molar-refractivity contribution in [1.29, 1.82) is 0 Å². The Balaban J connectivity index is 1.12. The Bertz CT molecular complexity index is 3630. The number of para-hydroxylation sites is 2. The van der Waals surface area contributed by atoms with E-state index in [1.807, 2.05) is 12.1 Å². The van der Waals surface area contributed by atoms with Crippen molar-refractivity contribution in [3.8, 4) is 55.6 Å². The van der Waals surface area contributed by atoms with Gasteiger partial charge in [0.2, 0.25) is 0 Å². The van der Waals surface area contributed by atoms with Gasteiger partial charge in [-0.3, -0.25) is 0 Å². The lowest BCUT2D eigenvalue weighted by Crippen LogP contribution is -2.11. The summed E-state index contributed by atoms with van der Waals surface area (Å²) in [6.07, 6.45) is 0. The number of hydrogen-bond acceptors (Lipinski definition) is 2. The van der Waals surface area contributed by atoms with Crippen LogP contribution in [0.25, 0.3) is 99.1 Å². The summed E-state index contributed by atoms with van der Waals surface area (Å²) in [7, 11) is 0. The molecule has 0 atom stereocenters. The molecule has 0 unspecified atom stereocenters. The third-order valence-electron chi connectivity index (χ3n) is 12.7. The van der Waals surface area contributed by atoms with Gasteiger partial charge in [-0.05, 0) is 109 Å². The van der Waals surface area contributed by atoms with Crippen LogP contribution in [0.1, 0.15) is 0 Å². The quantitative estimate of drug-likeness (QED) is 0.142. The Labute approximate surface area is 372 Å². The van der Waals surface area contributed by atoms with Gasteiger partial charge in [0.15, 0.2) is 0 Å². The second-order valence-electron chi connectivity index (χ2n) is 16.4. The molecule has 2 heteroatoms. The predicted molar refractivity (Wildman–Crippen MR) is 271 cm³/mol. The number of fused-ring (bicyclic) bond motifs is 6. The number of benzene rings is 11. The molecule has 0 radical (unpaired) electrons. The maximum absolute atomic E-state index is 6.52. The first kappa shape index (κ1) is 37.3. The third-order valence-corrected chi connectivity index (χ3v) is 12.7. The zero-order chi connectivity index (χ0) is 42.4. The maximum Gasteiger partial charge on any atom is 0.143 e. The van der Waals surface area contributed by atoms with Crippen LogP contribution in [0.3, 0.4) is 0 Å². The Morgan fingerprint density at radius 3 is 1.45 bits per heavy atom. The topological polar surface area (TPSA) is 16.4 Å². The number of anilines is 3. The number of hydrogen-bond donors (Lipinski definition) is 0. The average Bonchev–Trinajstić information content (AvgIpc) is 3.76. The molecule has 1 heterocycles. The van der Waals surface area contributed by atoms with Crippen LogP contribution in [-0.4, -0.2) is 0 Å². The van der Waals surface area contributed by atoms with Gasteiger partial charge in [0.1, 0.15) is 11.2 Å². The second kappa shape index (κ2) is 15.8. The average molecular weight is 816 g/mol. The molecule has 0 N–H and O–H groups in total. The molecular weight excluding hydrogens is 775 g/mol. The van der Waals surface area contributed by atoms with E-state index in [-0.39, 0.29) is 0 Å². The van der Waals surface area contributed by atoms with Gasteiger partial charge >= 0.3 is 0 Å². The first-order chi connectivity index (χ1) is 31.8. The summed E-state index contributed by atoms with van der Waals surface area (Å²) in [6, 6.07) is 89.8. The minimum atomic E-state index is 0.898. The van der Waals surface area contributed by atoms with E-state index in [1.54, 1.807) is 0 Å². The van der Waals surface area contributed by atoms with E-state index in [2.05, 4.69) is 241 Å². The molecule has 0 saturated carbocycles. The summed E-state index contributed by atoms with van der Waals surface area (Å²) >= 11 is 0. The zero-order valence-corrected chi connectivity index (χ0v) is 35.0. The summed E-state index contributed by atoms with van der Waals surface area (Å²) in [5.74, 6) is 0. The molecule has 11 aromatic carbocycles. The number of furan rings is 1. The molecular formula is C62H41NO. The van der Waals surface area contributed by atoms with Crippen LogP contribution in [0.2, 0.25) is 0 Å². The van der Waals surface area contributed by atoms with Gasteiger partial charge in [0, 0.05) is 33.3 Å². The Kier molecular flexibility index (Phi) is 9.20. The summed E-state index contributed by atoms with van der Waals surface area (Å²) < 4.78 is 6.52. The zero-order valence-electron chi connectivity index (χ0n) is 35.0. The van der Waals surface area contributed by atoms with Gasteiger partial charge < -0.3 is 9.32 Å². The van der Waals surface area contributed by atoms with E-state index in [0.717, 1.165) is 61.3 Å². The molecule has 0 aliphatic rings. The molecule has 0 aliphatic carbocycles. The van der Waals surface area contributed by atoms with Crippen LogP contribution in [0.4, 0.5) is 17.1 Å². The molecule has 12 aromatic rings. The van der Waals surface area contributed by atoms with Gasteiger partial charge in [0.25, 0.3) is 0 Å². The molecule has 64 heavy (non-hydrogen) atoms. The van der Waals surface area contributed by atoms with Crippen molar-refractivity contribution >= 4 is 60.5 Å². The van der Waals surface area contributed by atoms with Crippen molar-refractivity contribution in [2.24, 2.45) is 0 Å². The van der Waals surface area contributed by atoms with Crippen LogP contribution in [0, 0.1) is 0 Å². The fraction of sp³-hybridized carbons (Fsp3) is 0. The van der Waals surface area contributed by atoms with Gasteiger partial charge in [-0.15, -0.1) is 0 Å². The molecule has 0 aliphatic heterocycles.